The molecule has 2 bridgehead atoms. The number of phenols is 1. The van der Waals surface area contributed by atoms with E-state index in [2.05, 4.69) is 46.4 Å². The second-order valence-electron chi connectivity index (χ2n) is 10.9. The van der Waals surface area contributed by atoms with E-state index >= 15 is 0 Å². The Morgan fingerprint density at radius 1 is 1.15 bits per heavy atom. The predicted octanol–water partition coefficient (Wildman–Crippen LogP) is 4.13. The summed E-state index contributed by atoms with van der Waals surface area (Å²) >= 11 is 0. The summed E-state index contributed by atoms with van der Waals surface area (Å²) in [4.78, 5) is 5.98. The SMILES string of the molecule is Oc1ccc2c3c1O[C@H]1C(c4c[nH]c5ccccc45)=CC[C@@]4(O)C(C2)N(CC2CC2)CC[C@]314. The number of fused-ring (bicyclic) bond motifs is 1. The minimum atomic E-state index is -0.896. The van der Waals surface area contributed by atoms with Crippen LogP contribution in [0.25, 0.3) is 16.5 Å². The molecule has 33 heavy (non-hydrogen) atoms. The van der Waals surface area contributed by atoms with Crippen LogP contribution >= 0.6 is 0 Å². The Morgan fingerprint density at radius 2 is 2.03 bits per heavy atom. The van der Waals surface area contributed by atoms with E-state index in [1.165, 1.54) is 23.8 Å². The van der Waals surface area contributed by atoms with E-state index in [1.54, 1.807) is 6.07 Å². The van der Waals surface area contributed by atoms with Crippen LogP contribution in [0.5, 0.6) is 11.5 Å². The second kappa shape index (κ2) is 6.02. The molecule has 4 atom stereocenters. The van der Waals surface area contributed by atoms with E-state index in [9.17, 15) is 10.2 Å². The molecule has 0 amide bonds. The lowest BCUT2D eigenvalue weighted by Crippen LogP contribution is -2.74. The number of aromatic amines is 1. The van der Waals surface area contributed by atoms with E-state index in [-0.39, 0.29) is 17.9 Å². The van der Waals surface area contributed by atoms with Crippen LogP contribution in [-0.4, -0.2) is 50.9 Å². The lowest BCUT2D eigenvalue weighted by molar-refractivity contribution is -0.159. The fourth-order valence-corrected chi connectivity index (χ4v) is 7.67. The molecule has 5 nitrogen and oxygen atoms in total. The molecule has 2 aromatic carbocycles. The Kier molecular flexibility index (Phi) is 3.40. The highest BCUT2D eigenvalue weighted by Crippen LogP contribution is 2.66. The Bertz CT molecular complexity index is 1350. The van der Waals surface area contributed by atoms with Gasteiger partial charge in [0.25, 0.3) is 0 Å². The summed E-state index contributed by atoms with van der Waals surface area (Å²) in [5.74, 6) is 1.57. The van der Waals surface area contributed by atoms with Gasteiger partial charge in [0.05, 0.1) is 11.0 Å². The van der Waals surface area contributed by atoms with Gasteiger partial charge < -0.3 is 19.9 Å². The van der Waals surface area contributed by atoms with Crippen molar-refractivity contribution in [3.05, 3.63) is 65.4 Å². The molecule has 2 fully saturated rings. The van der Waals surface area contributed by atoms with Crippen molar-refractivity contribution in [2.24, 2.45) is 5.92 Å². The topological polar surface area (TPSA) is 68.7 Å². The van der Waals surface area contributed by atoms with Crippen LogP contribution in [0.15, 0.2) is 48.7 Å². The summed E-state index contributed by atoms with van der Waals surface area (Å²) < 4.78 is 6.68. The number of ether oxygens (including phenoxy) is 1. The van der Waals surface area contributed by atoms with E-state index in [1.807, 2.05) is 6.07 Å². The zero-order valence-corrected chi connectivity index (χ0v) is 18.6. The first kappa shape index (κ1) is 18.6. The van der Waals surface area contributed by atoms with Crippen molar-refractivity contribution in [1.29, 1.82) is 0 Å². The fourth-order valence-electron chi connectivity index (χ4n) is 7.67. The van der Waals surface area contributed by atoms with E-state index < -0.39 is 11.0 Å². The highest BCUT2D eigenvalue weighted by Gasteiger charge is 2.71. The molecule has 1 spiro atoms. The van der Waals surface area contributed by atoms with Gasteiger partial charge in [-0.3, -0.25) is 4.90 Å². The summed E-state index contributed by atoms with van der Waals surface area (Å²) in [5.41, 5.74) is 4.27. The van der Waals surface area contributed by atoms with Crippen LogP contribution in [0.2, 0.25) is 0 Å². The van der Waals surface area contributed by atoms with Crippen molar-refractivity contribution in [2.45, 2.75) is 55.3 Å². The van der Waals surface area contributed by atoms with Crippen LogP contribution in [-0.2, 0) is 11.8 Å². The number of likely N-dealkylation sites (tertiary alicyclic amines) is 1. The van der Waals surface area contributed by atoms with Crippen LogP contribution in [0.1, 0.15) is 42.4 Å². The average Bonchev–Trinajstić information content (AvgIpc) is 3.41. The van der Waals surface area contributed by atoms with Crippen molar-refractivity contribution in [3.8, 4) is 11.5 Å². The van der Waals surface area contributed by atoms with Gasteiger partial charge in [0.15, 0.2) is 11.5 Å². The van der Waals surface area contributed by atoms with E-state index in [0.29, 0.717) is 12.2 Å². The number of aromatic hydroxyl groups is 1. The largest absolute Gasteiger partial charge is 0.504 e. The predicted molar refractivity (Wildman–Crippen MR) is 126 cm³/mol. The van der Waals surface area contributed by atoms with Gasteiger partial charge in [-0.05, 0) is 67.8 Å². The number of phenolic OH excluding ortho intramolecular Hbond substituents is 1. The third-order valence-electron chi connectivity index (χ3n) is 9.33. The lowest BCUT2D eigenvalue weighted by Gasteiger charge is -2.62. The monoisotopic (exact) mass is 440 g/mol. The van der Waals surface area contributed by atoms with Gasteiger partial charge in [0, 0.05) is 40.8 Å². The van der Waals surface area contributed by atoms with Crippen LogP contribution < -0.4 is 4.74 Å². The van der Waals surface area contributed by atoms with E-state index in [0.717, 1.165) is 54.1 Å². The number of nitrogens with zero attached hydrogens (tertiary/aromatic N) is 1. The van der Waals surface area contributed by atoms with Crippen molar-refractivity contribution in [1.82, 2.24) is 9.88 Å². The standard InChI is InChI=1S/C28H28N2O3/c31-22-8-7-17-13-23-28(32)10-9-19(20-14-29-21-4-2-1-3-18(20)21)26-27(28,24(17)25(22)33-26)11-12-30(23)15-16-5-6-16/h1-4,7-9,14,16,23,26,29,31-32H,5-6,10-13,15H2/t23?,26-,27-,28+/m0/s1. The molecule has 3 aromatic rings. The number of aromatic nitrogens is 1. The zero-order chi connectivity index (χ0) is 21.9. The van der Waals surface area contributed by atoms with Crippen molar-refractivity contribution < 1.29 is 14.9 Å². The molecule has 1 saturated carbocycles. The normalized spacial score (nSPS) is 34.2. The van der Waals surface area contributed by atoms with Crippen molar-refractivity contribution in [3.63, 3.8) is 0 Å². The second-order valence-corrected chi connectivity index (χ2v) is 10.9. The van der Waals surface area contributed by atoms with Gasteiger partial charge >= 0.3 is 0 Å². The molecule has 1 unspecified atom stereocenters. The number of hydrogen-bond acceptors (Lipinski definition) is 4. The van der Waals surface area contributed by atoms with Crippen LogP contribution in [0.4, 0.5) is 0 Å². The first-order valence-electron chi connectivity index (χ1n) is 12.3. The van der Waals surface area contributed by atoms with Gasteiger partial charge in [0.2, 0.25) is 0 Å². The quantitative estimate of drug-likeness (QED) is 0.573. The molecule has 2 aliphatic heterocycles. The van der Waals surface area contributed by atoms with Crippen molar-refractivity contribution in [2.75, 3.05) is 13.1 Å². The van der Waals surface area contributed by atoms with Gasteiger partial charge in [0.1, 0.15) is 6.10 Å². The Labute approximate surface area is 192 Å². The number of hydrogen-bond donors (Lipinski definition) is 3. The van der Waals surface area contributed by atoms with Gasteiger partial charge in [-0.2, -0.15) is 0 Å². The molecule has 3 N–H and O–H groups in total. The van der Waals surface area contributed by atoms with Gasteiger partial charge in [-0.1, -0.05) is 30.3 Å². The summed E-state index contributed by atoms with van der Waals surface area (Å²) in [7, 11) is 0. The molecule has 5 aliphatic rings. The highest BCUT2D eigenvalue weighted by molar-refractivity contribution is 5.95. The van der Waals surface area contributed by atoms with Crippen LogP contribution in [0, 0.1) is 5.92 Å². The molecule has 1 aromatic heterocycles. The number of benzene rings is 2. The first-order chi connectivity index (χ1) is 16.1. The zero-order valence-electron chi connectivity index (χ0n) is 18.6. The maximum atomic E-state index is 12.6. The Hall–Kier alpha value is -2.76. The van der Waals surface area contributed by atoms with Crippen molar-refractivity contribution >= 4 is 16.5 Å². The van der Waals surface area contributed by atoms with E-state index in [4.69, 9.17) is 4.74 Å². The smallest absolute Gasteiger partial charge is 0.166 e. The first-order valence-corrected chi connectivity index (χ1v) is 12.3. The Balaban J connectivity index is 1.36. The molecule has 1 saturated heterocycles. The number of piperidine rings is 1. The number of H-pyrrole nitrogens is 1. The van der Waals surface area contributed by atoms with Gasteiger partial charge in [-0.15, -0.1) is 0 Å². The number of rotatable bonds is 3. The molecular formula is C28H28N2O3. The summed E-state index contributed by atoms with van der Waals surface area (Å²) in [6.07, 6.45) is 8.91. The molecule has 3 heterocycles. The maximum Gasteiger partial charge on any atom is 0.166 e. The fraction of sp³-hybridized carbons (Fsp3) is 0.429. The molecule has 168 valence electrons. The summed E-state index contributed by atoms with van der Waals surface area (Å²) in [6, 6.07) is 12.3. The molecule has 0 radical (unpaired) electrons. The van der Waals surface area contributed by atoms with Gasteiger partial charge in [-0.25, -0.2) is 0 Å². The average molecular weight is 441 g/mol. The minimum Gasteiger partial charge on any atom is -0.504 e. The minimum absolute atomic E-state index is 0.0849. The summed E-state index contributed by atoms with van der Waals surface area (Å²) in [6.45, 7) is 2.06. The maximum absolute atomic E-state index is 12.6. The number of nitrogens with one attached hydrogen (secondary N) is 1. The highest BCUT2D eigenvalue weighted by atomic mass is 16.5. The number of para-hydroxylation sites is 1. The number of aliphatic hydroxyl groups is 1. The summed E-state index contributed by atoms with van der Waals surface area (Å²) in [5, 5.41) is 24.6. The molecular weight excluding hydrogens is 412 g/mol. The third kappa shape index (κ3) is 2.16. The van der Waals surface area contributed by atoms with Crippen LogP contribution in [0.3, 0.4) is 0 Å². The third-order valence-corrected chi connectivity index (χ3v) is 9.33. The molecule has 5 heteroatoms. The Morgan fingerprint density at radius 3 is 2.91 bits per heavy atom. The molecule has 8 rings (SSSR count). The lowest BCUT2D eigenvalue weighted by atomic mass is 9.49. The molecule has 3 aliphatic carbocycles.